The lowest BCUT2D eigenvalue weighted by molar-refractivity contribution is -0.384. The number of carbonyl (C=O) groups excluding carboxylic acids is 1. The molecule has 7 rings (SSSR count). The molecule has 3 aromatic rings. The van der Waals surface area contributed by atoms with E-state index < -0.39 is 22.7 Å². The van der Waals surface area contributed by atoms with E-state index in [2.05, 4.69) is 12.7 Å². The first-order valence-corrected chi connectivity index (χ1v) is 22.0. The van der Waals surface area contributed by atoms with Crippen LogP contribution < -0.4 is 9.47 Å². The van der Waals surface area contributed by atoms with Gasteiger partial charge in [0, 0.05) is 49.6 Å². The lowest BCUT2D eigenvalue weighted by atomic mass is 9.55. The number of aliphatic hydroxyl groups is 3. The Hall–Kier alpha value is -5.12. The highest BCUT2D eigenvalue weighted by Gasteiger charge is 2.66. The number of rotatable bonds is 24. The molecule has 0 saturated heterocycles. The number of carbonyl (C=O) groups is 1. The molecule has 332 valence electrons. The first-order valence-electron chi connectivity index (χ1n) is 22.0. The van der Waals surface area contributed by atoms with E-state index in [9.17, 15) is 30.2 Å². The predicted octanol–water partition coefficient (Wildman–Crippen LogP) is 7.47. The standard InChI is InChI=1S/C48H59N3O11/c1-2-25-59-48-44(50(21-26-58-27-24-54)47(55)34-17-18-34)31-42(49-60-32-33-11-4-3-5-12-33)40-28-35(13-6-8-22-52)39(16-7-9-23-53)45(46(40)48)41-30-38(19-20-43(41)62-48)61-37-15-10-14-36(29-37)51(56)57/h2-5,10-12,14-15,19-20,28-30,34-35,39,44-46,52-54H,1,6-9,13,16-18,21-27,31-32H2. The lowest BCUT2D eigenvalue weighted by Crippen LogP contribution is -2.70. The van der Waals surface area contributed by atoms with Crippen LogP contribution >= 0.6 is 0 Å². The van der Waals surface area contributed by atoms with E-state index in [0.717, 1.165) is 55.2 Å². The highest BCUT2D eigenvalue weighted by Crippen LogP contribution is 2.62. The maximum absolute atomic E-state index is 14.6. The monoisotopic (exact) mass is 853 g/mol. The zero-order chi connectivity index (χ0) is 43.5. The van der Waals surface area contributed by atoms with Gasteiger partial charge in [0.25, 0.3) is 5.69 Å². The number of nitro benzene ring substituents is 1. The average Bonchev–Trinajstić information content (AvgIpc) is 4.14. The molecular weight excluding hydrogens is 795 g/mol. The maximum Gasteiger partial charge on any atom is 0.273 e. The second-order valence-electron chi connectivity index (χ2n) is 16.5. The molecule has 0 radical (unpaired) electrons. The summed E-state index contributed by atoms with van der Waals surface area (Å²) < 4.78 is 26.5. The Morgan fingerprint density at radius 2 is 1.73 bits per heavy atom. The second kappa shape index (κ2) is 21.3. The zero-order valence-electron chi connectivity index (χ0n) is 35.2. The SMILES string of the molecule is C=CCOC12Oc3ccc(Oc4cccc([N+](=O)[O-])c4)cc3C3C(CCCCO)C(CCCCO)C=C(C(=NOCc4ccccc4)CC1N(CCOCCO)C(=O)C1CC1)C32. The van der Waals surface area contributed by atoms with Crippen LogP contribution in [-0.2, 0) is 25.7 Å². The zero-order valence-corrected chi connectivity index (χ0v) is 35.2. The molecule has 1 heterocycles. The number of hydrogen-bond acceptors (Lipinski definition) is 12. The summed E-state index contributed by atoms with van der Waals surface area (Å²) in [6, 6.07) is 20.7. The van der Waals surface area contributed by atoms with Crippen LogP contribution in [0.4, 0.5) is 5.69 Å². The Morgan fingerprint density at radius 3 is 2.45 bits per heavy atom. The molecule has 1 amide bonds. The van der Waals surface area contributed by atoms with Crippen molar-refractivity contribution in [3.63, 3.8) is 0 Å². The van der Waals surface area contributed by atoms with Gasteiger partial charge in [-0.3, -0.25) is 14.9 Å². The van der Waals surface area contributed by atoms with Crippen molar-refractivity contribution in [2.75, 3.05) is 46.2 Å². The van der Waals surface area contributed by atoms with E-state index >= 15 is 0 Å². The number of fused-ring (bicyclic) bond motifs is 2. The quantitative estimate of drug-likeness (QED) is 0.0352. The summed E-state index contributed by atoms with van der Waals surface area (Å²) in [6.45, 7) is 4.89. The van der Waals surface area contributed by atoms with E-state index in [-0.39, 0.29) is 94.5 Å². The van der Waals surface area contributed by atoms with E-state index in [4.69, 9.17) is 28.9 Å². The number of non-ortho nitro benzene ring substituents is 1. The molecule has 3 aliphatic carbocycles. The Kier molecular flexibility index (Phi) is 15.4. The van der Waals surface area contributed by atoms with Crippen molar-refractivity contribution in [3.05, 3.63) is 118 Å². The van der Waals surface area contributed by atoms with Gasteiger partial charge in [-0.05, 0) is 85.8 Å². The van der Waals surface area contributed by atoms with Crippen molar-refractivity contribution >= 4 is 17.3 Å². The molecular formula is C48H59N3O11. The molecule has 0 spiro atoms. The van der Waals surface area contributed by atoms with Gasteiger partial charge in [0.05, 0.1) is 49.0 Å². The first kappa shape index (κ1) is 44.9. The summed E-state index contributed by atoms with van der Waals surface area (Å²) in [5.74, 6) is -1.08. The summed E-state index contributed by atoms with van der Waals surface area (Å²) in [7, 11) is 0. The van der Waals surface area contributed by atoms with Gasteiger partial charge < -0.3 is 44.0 Å². The molecule has 6 atom stereocenters. The molecule has 14 nitrogen and oxygen atoms in total. The summed E-state index contributed by atoms with van der Waals surface area (Å²) in [5.41, 5.74) is 3.31. The van der Waals surface area contributed by atoms with Crippen molar-refractivity contribution in [1.29, 1.82) is 0 Å². The van der Waals surface area contributed by atoms with Crippen LogP contribution in [0, 0.1) is 33.8 Å². The number of unbranched alkanes of at least 4 members (excludes halogenated alkanes) is 2. The van der Waals surface area contributed by atoms with Crippen molar-refractivity contribution in [1.82, 2.24) is 4.90 Å². The molecule has 6 unspecified atom stereocenters. The summed E-state index contributed by atoms with van der Waals surface area (Å²) in [4.78, 5) is 33.8. The van der Waals surface area contributed by atoms with E-state index in [0.29, 0.717) is 35.8 Å². The first-order chi connectivity index (χ1) is 30.3. The van der Waals surface area contributed by atoms with Crippen LogP contribution in [0.15, 0.2) is 102 Å². The van der Waals surface area contributed by atoms with Crippen LogP contribution in [0.25, 0.3) is 0 Å². The minimum atomic E-state index is -1.44. The highest BCUT2D eigenvalue weighted by molar-refractivity contribution is 6.03. The Morgan fingerprint density at radius 1 is 0.952 bits per heavy atom. The number of aliphatic hydroxyl groups excluding tert-OH is 3. The smallest absolute Gasteiger partial charge is 0.273 e. The Labute approximate surface area is 362 Å². The van der Waals surface area contributed by atoms with Gasteiger partial charge in [-0.15, -0.1) is 6.58 Å². The van der Waals surface area contributed by atoms with Gasteiger partial charge in [-0.1, -0.05) is 66.5 Å². The predicted molar refractivity (Wildman–Crippen MR) is 232 cm³/mol. The summed E-state index contributed by atoms with van der Waals surface area (Å²) >= 11 is 0. The minimum absolute atomic E-state index is 0.0119. The van der Waals surface area contributed by atoms with Crippen LogP contribution in [0.5, 0.6) is 17.2 Å². The fraction of sp³-hybridized carbons (Fsp3) is 0.500. The topological polar surface area (TPSA) is 183 Å². The van der Waals surface area contributed by atoms with Crippen molar-refractivity contribution in [2.24, 2.45) is 28.8 Å². The second-order valence-corrected chi connectivity index (χ2v) is 16.5. The van der Waals surface area contributed by atoms with E-state index in [1.807, 2.05) is 47.4 Å². The van der Waals surface area contributed by atoms with Gasteiger partial charge in [0.1, 0.15) is 29.9 Å². The number of ether oxygens (including phenoxy) is 4. The normalized spacial score (nSPS) is 24.3. The fourth-order valence-corrected chi connectivity index (χ4v) is 9.58. The van der Waals surface area contributed by atoms with Crippen molar-refractivity contribution in [2.45, 2.75) is 82.1 Å². The van der Waals surface area contributed by atoms with Gasteiger partial charge in [-0.25, -0.2) is 0 Å². The Bertz CT molecular complexity index is 2060. The van der Waals surface area contributed by atoms with E-state index in [1.54, 1.807) is 24.3 Å². The van der Waals surface area contributed by atoms with Gasteiger partial charge in [0.2, 0.25) is 11.7 Å². The third kappa shape index (κ3) is 10.2. The van der Waals surface area contributed by atoms with Gasteiger partial charge in [-0.2, -0.15) is 0 Å². The highest BCUT2D eigenvalue weighted by atomic mass is 16.7. The minimum Gasteiger partial charge on any atom is -0.459 e. The van der Waals surface area contributed by atoms with Crippen LogP contribution in [0.2, 0.25) is 0 Å². The molecule has 2 fully saturated rings. The average molecular weight is 854 g/mol. The number of nitrogens with zero attached hydrogens (tertiary/aromatic N) is 3. The summed E-state index contributed by atoms with van der Waals surface area (Å²) in [5, 5.41) is 46.0. The summed E-state index contributed by atoms with van der Waals surface area (Å²) in [6.07, 6.45) is 10.1. The number of benzene rings is 3. The molecule has 1 aliphatic heterocycles. The number of oxime groups is 1. The maximum atomic E-state index is 14.6. The lowest BCUT2D eigenvalue weighted by Gasteiger charge is -2.60. The van der Waals surface area contributed by atoms with Crippen LogP contribution in [0.3, 0.4) is 0 Å². The largest absolute Gasteiger partial charge is 0.459 e. The number of hydrogen-bond donors (Lipinski definition) is 3. The molecule has 3 N–H and O–H groups in total. The molecule has 0 bridgehead atoms. The van der Waals surface area contributed by atoms with Gasteiger partial charge >= 0.3 is 0 Å². The third-order valence-electron chi connectivity index (χ3n) is 12.5. The molecule has 2 saturated carbocycles. The molecule has 3 aromatic carbocycles. The number of allylic oxidation sites excluding steroid dienone is 1. The molecule has 62 heavy (non-hydrogen) atoms. The van der Waals surface area contributed by atoms with Crippen LogP contribution in [-0.4, -0.2) is 94.8 Å². The van der Waals surface area contributed by atoms with Crippen molar-refractivity contribution < 1.29 is 48.8 Å². The van der Waals surface area contributed by atoms with Crippen molar-refractivity contribution in [3.8, 4) is 17.2 Å². The number of nitro groups is 1. The molecule has 4 aliphatic rings. The molecule has 0 aromatic heterocycles. The van der Waals surface area contributed by atoms with E-state index in [1.165, 1.54) is 12.1 Å². The van der Waals surface area contributed by atoms with Crippen LogP contribution in [0.1, 0.15) is 74.8 Å². The molecule has 14 heteroatoms. The third-order valence-corrected chi connectivity index (χ3v) is 12.5. The Balaban J connectivity index is 1.42. The number of amides is 1. The van der Waals surface area contributed by atoms with Gasteiger partial charge in [0.15, 0.2) is 0 Å². The fourth-order valence-electron chi connectivity index (χ4n) is 9.58.